The van der Waals surface area contributed by atoms with Crippen LogP contribution in [-0.2, 0) is 24.0 Å². The first-order valence-electron chi connectivity index (χ1n) is 12.1. The summed E-state index contributed by atoms with van der Waals surface area (Å²) in [4.78, 5) is 9.04. The van der Waals surface area contributed by atoms with Crippen LogP contribution >= 0.6 is 11.6 Å². The van der Waals surface area contributed by atoms with E-state index in [-0.39, 0.29) is 0 Å². The van der Waals surface area contributed by atoms with Crippen LogP contribution in [0.25, 0.3) is 27.9 Å². The highest BCUT2D eigenvalue weighted by atomic mass is 35.5. The van der Waals surface area contributed by atoms with Gasteiger partial charge in [-0.1, -0.05) is 59.2 Å². The molecule has 0 aliphatic heterocycles. The molecule has 0 bridgehead atoms. The van der Waals surface area contributed by atoms with Gasteiger partial charge in [-0.3, -0.25) is 0 Å². The predicted octanol–water partition coefficient (Wildman–Crippen LogP) is 4.55. The number of tetrazole rings is 1. The third-order valence-corrected chi connectivity index (χ3v) is 6.93. The Balaban J connectivity index is 1.60. The molecule has 1 atom stereocenters. The molecule has 0 saturated carbocycles. The Hall–Kier alpha value is -4.18. The van der Waals surface area contributed by atoms with Crippen molar-refractivity contribution in [2.24, 2.45) is 7.05 Å². The Morgan fingerprint density at radius 2 is 1.84 bits per heavy atom. The van der Waals surface area contributed by atoms with Crippen molar-refractivity contribution in [3.05, 3.63) is 107 Å². The van der Waals surface area contributed by atoms with E-state index in [0.29, 0.717) is 46.5 Å². The summed E-state index contributed by atoms with van der Waals surface area (Å²) in [6, 6.07) is 21.0. The lowest BCUT2D eigenvalue weighted by molar-refractivity contribution is 0.117. The van der Waals surface area contributed by atoms with Crippen molar-refractivity contribution in [3.8, 4) is 11.3 Å². The van der Waals surface area contributed by atoms with Gasteiger partial charge in [0, 0.05) is 29.6 Å². The molecule has 10 heteroatoms. The van der Waals surface area contributed by atoms with Gasteiger partial charge in [0.1, 0.15) is 0 Å². The maximum absolute atomic E-state index is 12.5. The lowest BCUT2D eigenvalue weighted by Crippen LogP contribution is -2.31. The van der Waals surface area contributed by atoms with Gasteiger partial charge in [-0.2, -0.15) is 4.52 Å². The summed E-state index contributed by atoms with van der Waals surface area (Å²) >= 11 is 6.32. The molecule has 3 aromatic heterocycles. The van der Waals surface area contributed by atoms with Crippen molar-refractivity contribution in [2.75, 3.05) is 6.61 Å². The fourth-order valence-corrected chi connectivity index (χ4v) is 4.98. The highest BCUT2D eigenvalue weighted by Crippen LogP contribution is 2.39. The number of fused-ring (bicyclic) bond motifs is 3. The molecule has 1 N–H and O–H groups in total. The summed E-state index contributed by atoms with van der Waals surface area (Å²) in [6.07, 6.45) is 3.35. The fourth-order valence-electron chi connectivity index (χ4n) is 4.79. The summed E-state index contributed by atoms with van der Waals surface area (Å²) in [7, 11) is 1.86. The normalized spacial score (nSPS) is 13.3. The van der Waals surface area contributed by atoms with Crippen molar-refractivity contribution < 1.29 is 9.84 Å². The van der Waals surface area contributed by atoms with Crippen molar-refractivity contribution in [1.29, 1.82) is 0 Å². The second-order valence-electron chi connectivity index (χ2n) is 9.03. The highest BCUT2D eigenvalue weighted by molar-refractivity contribution is 6.30. The Labute approximate surface area is 223 Å². The van der Waals surface area contributed by atoms with Crippen molar-refractivity contribution in [2.45, 2.75) is 19.1 Å². The molecule has 9 nitrogen and oxygen atoms in total. The van der Waals surface area contributed by atoms with E-state index in [1.165, 1.54) is 0 Å². The zero-order valence-electron chi connectivity index (χ0n) is 20.8. The third-order valence-electron chi connectivity index (χ3n) is 6.69. The molecule has 0 amide bonds. The van der Waals surface area contributed by atoms with E-state index in [9.17, 15) is 5.11 Å². The zero-order chi connectivity index (χ0) is 26.3. The molecule has 3 aromatic carbocycles. The maximum atomic E-state index is 12.5. The second kappa shape index (κ2) is 9.60. The Kier molecular flexibility index (Phi) is 6.11. The van der Waals surface area contributed by atoms with Crippen LogP contribution in [0.3, 0.4) is 0 Å². The molecule has 38 heavy (non-hydrogen) atoms. The first kappa shape index (κ1) is 24.2. The molecule has 6 aromatic rings. The van der Waals surface area contributed by atoms with Gasteiger partial charge in [-0.15, -0.1) is 0 Å². The highest BCUT2D eigenvalue weighted by Gasteiger charge is 2.37. The van der Waals surface area contributed by atoms with Crippen molar-refractivity contribution in [3.63, 3.8) is 0 Å². The average Bonchev–Trinajstić information content (AvgIpc) is 3.60. The van der Waals surface area contributed by atoms with Crippen LogP contribution < -0.4 is 0 Å². The number of nitrogens with zero attached hydrogens (tertiary/aromatic N) is 7. The number of imidazole rings is 1. The molecule has 0 aliphatic carbocycles. The molecule has 6 rings (SSSR count). The quantitative estimate of drug-likeness (QED) is 0.326. The molecular weight excluding hydrogens is 502 g/mol. The lowest BCUT2D eigenvalue weighted by atomic mass is 9.82. The van der Waals surface area contributed by atoms with E-state index < -0.39 is 5.60 Å². The van der Waals surface area contributed by atoms with Crippen molar-refractivity contribution >= 4 is 28.3 Å². The van der Waals surface area contributed by atoms with Crippen LogP contribution in [-0.4, -0.2) is 46.3 Å². The third kappa shape index (κ3) is 4.01. The van der Waals surface area contributed by atoms with Crippen LogP contribution in [0, 0.1) is 0 Å². The smallest absolute Gasteiger partial charge is 0.274 e. The minimum atomic E-state index is -1.51. The van der Waals surface area contributed by atoms with Crippen LogP contribution in [0.15, 0.2) is 79.3 Å². The van der Waals surface area contributed by atoms with E-state index >= 15 is 0 Å². The van der Waals surface area contributed by atoms with Gasteiger partial charge in [0.25, 0.3) is 5.78 Å². The summed E-state index contributed by atoms with van der Waals surface area (Å²) in [6.45, 7) is 3.10. The van der Waals surface area contributed by atoms with E-state index in [2.05, 4.69) is 20.5 Å². The van der Waals surface area contributed by atoms with Crippen LogP contribution in [0.1, 0.15) is 29.3 Å². The summed E-state index contributed by atoms with van der Waals surface area (Å²) in [5.41, 5.74) is 3.69. The Bertz CT molecular complexity index is 1760. The first-order valence-corrected chi connectivity index (χ1v) is 12.5. The topological polar surface area (TPSA) is 103 Å². The van der Waals surface area contributed by atoms with E-state index in [1.54, 1.807) is 17.0 Å². The molecule has 0 aliphatic rings. The largest absolute Gasteiger partial charge is 0.377 e. The van der Waals surface area contributed by atoms with E-state index in [1.807, 2.05) is 85.3 Å². The van der Waals surface area contributed by atoms with Gasteiger partial charge in [-0.05, 0) is 58.3 Å². The molecule has 0 fully saturated rings. The second-order valence-corrected chi connectivity index (χ2v) is 9.46. The number of aliphatic hydroxyl groups is 1. The van der Waals surface area contributed by atoms with Crippen LogP contribution in [0.5, 0.6) is 0 Å². The number of ether oxygens (including phenoxy) is 1. The number of aryl methyl sites for hydroxylation is 1. The lowest BCUT2D eigenvalue weighted by Gasteiger charge is -2.30. The van der Waals surface area contributed by atoms with Gasteiger partial charge in [0.2, 0.25) is 0 Å². The number of benzene rings is 3. The Morgan fingerprint density at radius 1 is 1.03 bits per heavy atom. The number of hydrogen-bond donors (Lipinski definition) is 1. The predicted molar refractivity (Wildman–Crippen MR) is 144 cm³/mol. The standard InChI is InChI=1S/C28H24ClN7O2/c1-3-38-16-18-7-9-20(10-8-18)28(37,25-15-30-17-35(25)2)21-11-12-24-23(14-21)26(19-5-4-6-22(29)13-19)31-27-32-33-34-36(24)27/h4-15,17,37H,3,16H2,1-2H3. The molecule has 190 valence electrons. The van der Waals surface area contributed by atoms with Crippen LogP contribution in [0.4, 0.5) is 0 Å². The molecular formula is C28H24ClN7O2. The number of halogens is 1. The summed E-state index contributed by atoms with van der Waals surface area (Å²) in [5, 5.41) is 25.9. The molecule has 0 spiro atoms. The van der Waals surface area contributed by atoms with E-state index in [0.717, 1.165) is 22.0 Å². The number of hydrogen-bond acceptors (Lipinski definition) is 7. The Morgan fingerprint density at radius 3 is 2.58 bits per heavy atom. The summed E-state index contributed by atoms with van der Waals surface area (Å²) < 4.78 is 8.95. The summed E-state index contributed by atoms with van der Waals surface area (Å²) in [5.74, 6) is 0.368. The van der Waals surface area contributed by atoms with Gasteiger partial charge in [-0.25, -0.2) is 9.97 Å². The zero-order valence-corrected chi connectivity index (χ0v) is 21.5. The first-order chi connectivity index (χ1) is 18.5. The van der Waals surface area contributed by atoms with Gasteiger partial charge in [0.15, 0.2) is 5.60 Å². The molecule has 1 unspecified atom stereocenters. The monoisotopic (exact) mass is 525 g/mol. The maximum Gasteiger partial charge on any atom is 0.274 e. The average molecular weight is 526 g/mol. The van der Waals surface area contributed by atoms with Gasteiger partial charge in [0.05, 0.1) is 36.0 Å². The van der Waals surface area contributed by atoms with E-state index in [4.69, 9.17) is 21.3 Å². The number of rotatable bonds is 7. The van der Waals surface area contributed by atoms with Gasteiger partial charge < -0.3 is 14.4 Å². The minimum absolute atomic E-state index is 0.368. The van der Waals surface area contributed by atoms with Crippen LogP contribution in [0.2, 0.25) is 5.02 Å². The molecule has 0 saturated heterocycles. The van der Waals surface area contributed by atoms with Gasteiger partial charge >= 0.3 is 0 Å². The molecule has 3 heterocycles. The fraction of sp³-hybridized carbons (Fsp3) is 0.179. The van der Waals surface area contributed by atoms with Crippen molar-refractivity contribution in [1.82, 2.24) is 34.6 Å². The SMILES string of the molecule is CCOCc1ccc(C(O)(c2ccc3c(c2)c(-c2cccc(Cl)c2)nc2nnnn23)c2cncn2C)cc1. The minimum Gasteiger partial charge on any atom is -0.377 e. The number of aromatic nitrogens is 7. The molecule has 0 radical (unpaired) electrons.